The van der Waals surface area contributed by atoms with Crippen molar-refractivity contribution < 1.29 is 27.0 Å². The Morgan fingerprint density at radius 3 is 2.16 bits per heavy atom. The Morgan fingerprint density at radius 1 is 0.745 bits per heavy atom. The van der Waals surface area contributed by atoms with Gasteiger partial charge >= 0.3 is 0 Å². The van der Waals surface area contributed by atoms with Crippen LogP contribution in [0.5, 0.6) is 11.5 Å². The molecule has 6 aromatic rings. The number of rotatable bonds is 14. The molecule has 51 heavy (non-hydrogen) atoms. The highest BCUT2D eigenvalue weighted by Crippen LogP contribution is 2.30. The van der Waals surface area contributed by atoms with E-state index in [1.807, 2.05) is 66.7 Å². The summed E-state index contributed by atoms with van der Waals surface area (Å²) in [6.45, 7) is 0.482. The van der Waals surface area contributed by atoms with Crippen LogP contribution in [-0.2, 0) is 27.7 Å². The molecule has 0 saturated heterocycles. The molecule has 0 fully saturated rings. The van der Waals surface area contributed by atoms with Crippen LogP contribution in [0.1, 0.15) is 29.2 Å². The summed E-state index contributed by atoms with van der Waals surface area (Å²) in [6.07, 6.45) is 1.18. The number of nitrogens with zero attached hydrogens (tertiary/aromatic N) is 3. The van der Waals surface area contributed by atoms with Crippen molar-refractivity contribution >= 4 is 9.84 Å². The Balaban J connectivity index is 1.34. The van der Waals surface area contributed by atoms with Crippen LogP contribution in [0, 0.1) is 5.82 Å². The normalized spacial score (nSPS) is 12.0. The highest BCUT2D eigenvalue weighted by atomic mass is 32.2. The molecule has 1 unspecified atom stereocenters. The first kappa shape index (κ1) is 35.2. The molecule has 6 rings (SSSR count). The van der Waals surface area contributed by atoms with Gasteiger partial charge in [0.15, 0.2) is 11.5 Å². The van der Waals surface area contributed by atoms with Crippen LogP contribution in [-0.4, -0.2) is 42.9 Å². The number of ether oxygens (including phenoxy) is 3. The fourth-order valence-corrected chi connectivity index (χ4v) is 6.82. The van der Waals surface area contributed by atoms with Crippen molar-refractivity contribution in [3.8, 4) is 34.0 Å². The number of halogens is 1. The van der Waals surface area contributed by atoms with Gasteiger partial charge in [0.2, 0.25) is 15.0 Å². The van der Waals surface area contributed by atoms with Gasteiger partial charge in [-0.1, -0.05) is 78.9 Å². The lowest BCUT2D eigenvalue weighted by atomic mass is 10.1. The van der Waals surface area contributed by atoms with Gasteiger partial charge < -0.3 is 18.8 Å². The molecule has 0 aliphatic heterocycles. The molecule has 0 radical (unpaired) electrons. The lowest BCUT2D eigenvalue weighted by Gasteiger charge is -2.19. The van der Waals surface area contributed by atoms with Gasteiger partial charge in [0, 0.05) is 23.4 Å². The standard InChI is InChI=1S/C40H36FN3O6S/c1-48-37-19-17-29(23-38(37)49-2)25-44-26-31(18-20-39(44)45)34-24-35(32-15-9-10-16-33(32)41)43-40(42-34)51(46,47)22-21-36(30-13-7-4-8-14-30)50-27-28-11-5-3-6-12-28/h3-20,23-24,26,36H,21-22,25,27H2,1-2H3. The minimum atomic E-state index is -4.12. The summed E-state index contributed by atoms with van der Waals surface area (Å²) in [5.41, 5.74) is 3.14. The van der Waals surface area contributed by atoms with Gasteiger partial charge in [0.25, 0.3) is 5.56 Å². The topological polar surface area (TPSA) is 110 Å². The summed E-state index contributed by atoms with van der Waals surface area (Å²) in [7, 11) is -1.05. The molecular formula is C40H36FN3O6S. The third-order valence-electron chi connectivity index (χ3n) is 8.33. The monoisotopic (exact) mass is 705 g/mol. The zero-order chi connectivity index (χ0) is 35.8. The number of aromatic nitrogens is 3. The first-order chi connectivity index (χ1) is 24.7. The maximum Gasteiger partial charge on any atom is 0.250 e. The van der Waals surface area contributed by atoms with Crippen LogP contribution >= 0.6 is 0 Å². The van der Waals surface area contributed by atoms with E-state index in [2.05, 4.69) is 9.97 Å². The summed E-state index contributed by atoms with van der Waals surface area (Å²) in [5, 5.41) is -0.453. The second-order valence-electron chi connectivity index (χ2n) is 11.8. The van der Waals surface area contributed by atoms with E-state index in [9.17, 15) is 13.2 Å². The fourth-order valence-electron chi connectivity index (χ4n) is 5.64. The number of sulfone groups is 1. The molecule has 0 aliphatic rings. The highest BCUT2D eigenvalue weighted by Gasteiger charge is 2.25. The minimum absolute atomic E-state index is 0.0919. The Hall–Kier alpha value is -5.65. The third kappa shape index (κ3) is 8.57. The van der Waals surface area contributed by atoms with Crippen LogP contribution in [0.25, 0.3) is 22.5 Å². The number of hydrogen-bond acceptors (Lipinski definition) is 8. The molecule has 260 valence electrons. The van der Waals surface area contributed by atoms with E-state index in [0.717, 1.165) is 16.7 Å². The fraction of sp³-hybridized carbons (Fsp3) is 0.175. The first-order valence-electron chi connectivity index (χ1n) is 16.2. The van der Waals surface area contributed by atoms with Crippen molar-refractivity contribution in [3.05, 3.63) is 160 Å². The van der Waals surface area contributed by atoms with Gasteiger partial charge in [-0.05, 0) is 59.5 Å². The SMILES string of the molecule is COc1ccc(Cn2cc(-c3cc(-c4ccccc4F)nc(S(=O)(=O)CCC(OCc4ccccc4)c4ccccc4)n3)ccc2=O)cc1OC. The van der Waals surface area contributed by atoms with E-state index in [1.54, 1.807) is 43.6 Å². The third-order valence-corrected chi connectivity index (χ3v) is 9.84. The molecule has 2 aromatic heterocycles. The Kier molecular flexibility index (Phi) is 11.0. The highest BCUT2D eigenvalue weighted by molar-refractivity contribution is 7.91. The van der Waals surface area contributed by atoms with Gasteiger partial charge in [-0.3, -0.25) is 4.79 Å². The second-order valence-corrected chi connectivity index (χ2v) is 13.8. The van der Waals surface area contributed by atoms with Crippen LogP contribution < -0.4 is 15.0 Å². The zero-order valence-corrected chi connectivity index (χ0v) is 28.9. The van der Waals surface area contributed by atoms with Crippen molar-refractivity contribution in [2.75, 3.05) is 20.0 Å². The molecular weight excluding hydrogens is 670 g/mol. The van der Waals surface area contributed by atoms with Gasteiger partial charge in [-0.15, -0.1) is 0 Å². The first-order valence-corrected chi connectivity index (χ1v) is 17.9. The van der Waals surface area contributed by atoms with Gasteiger partial charge in [-0.2, -0.15) is 0 Å². The number of pyridine rings is 1. The molecule has 11 heteroatoms. The molecule has 0 spiro atoms. The lowest BCUT2D eigenvalue weighted by molar-refractivity contribution is 0.0376. The van der Waals surface area contributed by atoms with Crippen LogP contribution in [0.3, 0.4) is 0 Å². The van der Waals surface area contributed by atoms with E-state index in [-0.39, 0.29) is 41.2 Å². The van der Waals surface area contributed by atoms with E-state index in [1.165, 1.54) is 35.9 Å². The molecule has 0 N–H and O–H groups in total. The molecule has 0 amide bonds. The van der Waals surface area contributed by atoms with Gasteiger partial charge in [-0.25, -0.2) is 22.8 Å². The van der Waals surface area contributed by atoms with Crippen LogP contribution in [0.15, 0.2) is 137 Å². The van der Waals surface area contributed by atoms with Crippen molar-refractivity contribution in [2.24, 2.45) is 0 Å². The summed E-state index contributed by atoms with van der Waals surface area (Å²) in [5.74, 6) is 0.164. The molecule has 0 aliphatic carbocycles. The quantitative estimate of drug-likeness (QED) is 0.109. The van der Waals surface area contributed by atoms with Gasteiger partial charge in [0.05, 0.1) is 50.6 Å². The van der Waals surface area contributed by atoms with Crippen molar-refractivity contribution in [1.29, 1.82) is 0 Å². The Bertz CT molecular complexity index is 2280. The van der Waals surface area contributed by atoms with Crippen LogP contribution in [0.4, 0.5) is 4.39 Å². The number of hydrogen-bond donors (Lipinski definition) is 0. The molecule has 1 atom stereocenters. The average Bonchev–Trinajstić information content (AvgIpc) is 3.16. The molecule has 0 bridgehead atoms. The molecule has 4 aromatic carbocycles. The summed E-state index contributed by atoms with van der Waals surface area (Å²) >= 11 is 0. The number of methoxy groups -OCH3 is 2. The minimum Gasteiger partial charge on any atom is -0.493 e. The summed E-state index contributed by atoms with van der Waals surface area (Å²) in [6, 6.07) is 34.9. The van der Waals surface area contributed by atoms with E-state index in [4.69, 9.17) is 14.2 Å². The average molecular weight is 706 g/mol. The number of benzene rings is 4. The largest absolute Gasteiger partial charge is 0.493 e. The molecule has 0 saturated carbocycles. The summed E-state index contributed by atoms with van der Waals surface area (Å²) < 4.78 is 61.6. The lowest BCUT2D eigenvalue weighted by Crippen LogP contribution is -2.19. The summed E-state index contributed by atoms with van der Waals surface area (Å²) in [4.78, 5) is 21.8. The second kappa shape index (κ2) is 15.9. The van der Waals surface area contributed by atoms with Gasteiger partial charge in [0.1, 0.15) is 5.82 Å². The van der Waals surface area contributed by atoms with Crippen molar-refractivity contribution in [3.63, 3.8) is 0 Å². The maximum absolute atomic E-state index is 15.1. The predicted octanol–water partition coefficient (Wildman–Crippen LogP) is 7.30. The maximum atomic E-state index is 15.1. The Morgan fingerprint density at radius 2 is 1.43 bits per heavy atom. The molecule has 9 nitrogen and oxygen atoms in total. The van der Waals surface area contributed by atoms with Crippen molar-refractivity contribution in [2.45, 2.75) is 30.8 Å². The van der Waals surface area contributed by atoms with E-state index in [0.29, 0.717) is 23.7 Å². The van der Waals surface area contributed by atoms with E-state index >= 15 is 4.39 Å². The van der Waals surface area contributed by atoms with Crippen LogP contribution in [0.2, 0.25) is 0 Å². The van der Waals surface area contributed by atoms with E-state index < -0.39 is 26.9 Å². The predicted molar refractivity (Wildman–Crippen MR) is 193 cm³/mol. The molecule has 2 heterocycles. The zero-order valence-electron chi connectivity index (χ0n) is 28.1. The Labute approximate surface area is 295 Å². The smallest absolute Gasteiger partial charge is 0.250 e. The van der Waals surface area contributed by atoms with Crippen molar-refractivity contribution in [1.82, 2.24) is 14.5 Å².